The number of benzene rings is 2. The third-order valence-electron chi connectivity index (χ3n) is 4.17. The monoisotopic (exact) mass is 366 g/mol. The number of nitrogens with one attached hydrogen (secondary N) is 1. The Kier molecular flexibility index (Phi) is 6.02. The van der Waals surface area contributed by atoms with E-state index < -0.39 is 0 Å². The Balaban J connectivity index is 1.59. The normalized spacial score (nSPS) is 10.5. The summed E-state index contributed by atoms with van der Waals surface area (Å²) in [7, 11) is 1.63. The summed E-state index contributed by atoms with van der Waals surface area (Å²) in [5, 5.41) is 5.83. The number of rotatable bonds is 7. The lowest BCUT2D eigenvalue weighted by Gasteiger charge is -2.09. The number of amides is 1. The maximum absolute atomic E-state index is 12.2. The number of para-hydroxylation sites is 1. The standard InChI is InChI=1S/C21H22N2O2S/c1-3-15-8-10-16(11-9-15)21-23-18(14-26-21)12-20(24)22-13-17-6-4-5-7-19(17)25-2/h4-11,14H,3,12-13H2,1-2H3,(H,22,24). The topological polar surface area (TPSA) is 51.2 Å². The van der Waals surface area contributed by atoms with Crippen LogP contribution >= 0.6 is 11.3 Å². The van der Waals surface area contributed by atoms with Crippen molar-refractivity contribution >= 4 is 17.2 Å². The fraction of sp³-hybridized carbons (Fsp3) is 0.238. The number of carbonyl (C=O) groups is 1. The van der Waals surface area contributed by atoms with Crippen LogP contribution in [0.2, 0.25) is 0 Å². The molecule has 0 spiro atoms. The Morgan fingerprint density at radius 1 is 1.15 bits per heavy atom. The molecular formula is C21H22N2O2S. The van der Waals surface area contributed by atoms with E-state index in [4.69, 9.17) is 4.74 Å². The molecule has 1 amide bonds. The van der Waals surface area contributed by atoms with Crippen molar-refractivity contribution in [2.24, 2.45) is 0 Å². The quantitative estimate of drug-likeness (QED) is 0.680. The van der Waals surface area contributed by atoms with Gasteiger partial charge in [0.15, 0.2) is 0 Å². The summed E-state index contributed by atoms with van der Waals surface area (Å²) in [6.45, 7) is 2.58. The smallest absolute Gasteiger partial charge is 0.226 e. The second kappa shape index (κ2) is 8.63. The van der Waals surface area contributed by atoms with E-state index >= 15 is 0 Å². The number of aromatic nitrogens is 1. The zero-order chi connectivity index (χ0) is 18.4. The van der Waals surface area contributed by atoms with Crippen molar-refractivity contribution in [1.82, 2.24) is 10.3 Å². The maximum atomic E-state index is 12.2. The van der Waals surface area contributed by atoms with Gasteiger partial charge in [0.25, 0.3) is 0 Å². The van der Waals surface area contributed by atoms with Crippen LogP contribution in [0.4, 0.5) is 0 Å². The molecule has 1 N–H and O–H groups in total. The first-order valence-electron chi connectivity index (χ1n) is 8.62. The number of hydrogen-bond donors (Lipinski definition) is 1. The number of ether oxygens (including phenoxy) is 1. The van der Waals surface area contributed by atoms with Crippen molar-refractivity contribution in [3.05, 3.63) is 70.7 Å². The Hall–Kier alpha value is -2.66. The molecule has 134 valence electrons. The van der Waals surface area contributed by atoms with Gasteiger partial charge >= 0.3 is 0 Å². The third-order valence-corrected chi connectivity index (χ3v) is 5.11. The minimum absolute atomic E-state index is 0.0471. The van der Waals surface area contributed by atoms with E-state index in [0.717, 1.165) is 34.0 Å². The lowest BCUT2D eigenvalue weighted by molar-refractivity contribution is -0.120. The van der Waals surface area contributed by atoms with Crippen LogP contribution in [0.3, 0.4) is 0 Å². The summed E-state index contributed by atoms with van der Waals surface area (Å²) >= 11 is 1.57. The second-order valence-electron chi connectivity index (χ2n) is 5.96. The van der Waals surface area contributed by atoms with Gasteiger partial charge in [-0.1, -0.05) is 49.4 Å². The van der Waals surface area contributed by atoms with Gasteiger partial charge in [-0.15, -0.1) is 11.3 Å². The van der Waals surface area contributed by atoms with E-state index in [1.54, 1.807) is 18.4 Å². The summed E-state index contributed by atoms with van der Waals surface area (Å²) < 4.78 is 5.30. The summed E-state index contributed by atoms with van der Waals surface area (Å²) in [6, 6.07) is 16.1. The van der Waals surface area contributed by atoms with E-state index in [9.17, 15) is 4.79 Å². The highest BCUT2D eigenvalue weighted by Crippen LogP contribution is 2.24. The fourth-order valence-electron chi connectivity index (χ4n) is 2.67. The van der Waals surface area contributed by atoms with E-state index in [-0.39, 0.29) is 12.3 Å². The predicted octanol–water partition coefficient (Wildman–Crippen LogP) is 4.24. The lowest BCUT2D eigenvalue weighted by Crippen LogP contribution is -2.24. The Morgan fingerprint density at radius 2 is 1.92 bits per heavy atom. The number of nitrogens with zero attached hydrogens (tertiary/aromatic N) is 1. The van der Waals surface area contributed by atoms with Crippen molar-refractivity contribution < 1.29 is 9.53 Å². The van der Waals surface area contributed by atoms with Crippen molar-refractivity contribution in [2.45, 2.75) is 26.3 Å². The van der Waals surface area contributed by atoms with Gasteiger partial charge < -0.3 is 10.1 Å². The van der Waals surface area contributed by atoms with Gasteiger partial charge in [0, 0.05) is 23.1 Å². The van der Waals surface area contributed by atoms with E-state index in [2.05, 4.69) is 41.5 Å². The van der Waals surface area contributed by atoms with Crippen LogP contribution in [-0.4, -0.2) is 18.0 Å². The Labute approximate surface area is 157 Å². The van der Waals surface area contributed by atoms with Crippen LogP contribution in [0.1, 0.15) is 23.7 Å². The average molecular weight is 366 g/mol. The largest absolute Gasteiger partial charge is 0.496 e. The molecular weight excluding hydrogens is 344 g/mol. The molecule has 0 aliphatic rings. The minimum atomic E-state index is -0.0471. The molecule has 0 saturated carbocycles. The van der Waals surface area contributed by atoms with E-state index in [0.29, 0.717) is 6.54 Å². The summed E-state index contributed by atoms with van der Waals surface area (Å²) in [6.07, 6.45) is 1.30. The molecule has 2 aromatic carbocycles. The average Bonchev–Trinajstić information content (AvgIpc) is 3.15. The number of hydrogen-bond acceptors (Lipinski definition) is 4. The molecule has 3 aromatic rings. The zero-order valence-electron chi connectivity index (χ0n) is 15.0. The van der Waals surface area contributed by atoms with Gasteiger partial charge in [-0.25, -0.2) is 4.98 Å². The molecule has 0 atom stereocenters. The van der Waals surface area contributed by atoms with Crippen LogP contribution in [-0.2, 0) is 24.2 Å². The molecule has 0 fully saturated rings. The van der Waals surface area contributed by atoms with Gasteiger partial charge in [0.1, 0.15) is 10.8 Å². The number of methoxy groups -OCH3 is 1. The van der Waals surface area contributed by atoms with Crippen LogP contribution in [0.5, 0.6) is 5.75 Å². The first-order valence-corrected chi connectivity index (χ1v) is 9.50. The highest BCUT2D eigenvalue weighted by atomic mass is 32.1. The number of aryl methyl sites for hydroxylation is 1. The number of thiazole rings is 1. The minimum Gasteiger partial charge on any atom is -0.496 e. The molecule has 5 heteroatoms. The van der Waals surface area contributed by atoms with Gasteiger partial charge in [-0.2, -0.15) is 0 Å². The molecule has 0 saturated heterocycles. The summed E-state index contributed by atoms with van der Waals surface area (Å²) in [4.78, 5) is 16.8. The molecule has 26 heavy (non-hydrogen) atoms. The predicted molar refractivity (Wildman–Crippen MR) is 105 cm³/mol. The molecule has 0 aliphatic carbocycles. The second-order valence-corrected chi connectivity index (χ2v) is 6.82. The highest BCUT2D eigenvalue weighted by Gasteiger charge is 2.10. The fourth-order valence-corrected chi connectivity index (χ4v) is 3.50. The van der Waals surface area contributed by atoms with E-state index in [1.165, 1.54) is 5.56 Å². The zero-order valence-corrected chi connectivity index (χ0v) is 15.8. The molecule has 0 aliphatic heterocycles. The van der Waals surface area contributed by atoms with Crippen LogP contribution in [0.15, 0.2) is 53.9 Å². The highest BCUT2D eigenvalue weighted by molar-refractivity contribution is 7.13. The SMILES string of the molecule is CCc1ccc(-c2nc(CC(=O)NCc3ccccc3OC)cs2)cc1. The van der Waals surface area contributed by atoms with Gasteiger partial charge in [-0.05, 0) is 18.1 Å². The van der Waals surface area contributed by atoms with Crippen LogP contribution in [0.25, 0.3) is 10.6 Å². The lowest BCUT2D eigenvalue weighted by atomic mass is 10.1. The summed E-state index contributed by atoms with van der Waals surface area (Å²) in [5.74, 6) is 0.730. The molecule has 4 nitrogen and oxygen atoms in total. The molecule has 1 aromatic heterocycles. The molecule has 1 heterocycles. The Bertz CT molecular complexity index is 872. The van der Waals surface area contributed by atoms with Gasteiger partial charge in [0.2, 0.25) is 5.91 Å². The number of carbonyl (C=O) groups excluding carboxylic acids is 1. The van der Waals surface area contributed by atoms with Gasteiger partial charge in [0.05, 0.1) is 19.2 Å². The van der Waals surface area contributed by atoms with Crippen LogP contribution < -0.4 is 10.1 Å². The Morgan fingerprint density at radius 3 is 2.65 bits per heavy atom. The first kappa shape index (κ1) is 18.1. The van der Waals surface area contributed by atoms with Crippen molar-refractivity contribution in [3.63, 3.8) is 0 Å². The summed E-state index contributed by atoms with van der Waals surface area (Å²) in [5.41, 5.74) is 4.15. The molecule has 3 rings (SSSR count). The van der Waals surface area contributed by atoms with E-state index in [1.807, 2.05) is 29.6 Å². The first-order chi connectivity index (χ1) is 12.7. The molecule has 0 radical (unpaired) electrons. The third kappa shape index (κ3) is 4.49. The maximum Gasteiger partial charge on any atom is 0.226 e. The van der Waals surface area contributed by atoms with Crippen molar-refractivity contribution in [2.75, 3.05) is 7.11 Å². The van der Waals surface area contributed by atoms with Gasteiger partial charge in [-0.3, -0.25) is 4.79 Å². The van der Waals surface area contributed by atoms with Crippen LogP contribution in [0, 0.1) is 0 Å². The van der Waals surface area contributed by atoms with Crippen molar-refractivity contribution in [3.8, 4) is 16.3 Å². The molecule has 0 bridgehead atoms. The molecule has 0 unspecified atom stereocenters. The van der Waals surface area contributed by atoms with Crippen molar-refractivity contribution in [1.29, 1.82) is 0 Å².